The van der Waals surface area contributed by atoms with Crippen LogP contribution < -0.4 is 0 Å². The zero-order chi connectivity index (χ0) is 14.7. The first-order valence-corrected chi connectivity index (χ1v) is 7.22. The van der Waals surface area contributed by atoms with Crippen LogP contribution in [-0.2, 0) is 11.2 Å². The molecule has 1 aliphatic heterocycles. The lowest BCUT2D eigenvalue weighted by atomic mass is 9.99. The fourth-order valence-corrected chi connectivity index (χ4v) is 2.91. The van der Waals surface area contributed by atoms with Crippen LogP contribution in [0.2, 0.25) is 0 Å². The zero-order valence-electron chi connectivity index (χ0n) is 12.1. The van der Waals surface area contributed by atoms with Crippen molar-refractivity contribution in [2.75, 3.05) is 13.1 Å². The molecule has 0 spiro atoms. The van der Waals surface area contributed by atoms with Gasteiger partial charge >= 0.3 is 5.97 Å². The maximum Gasteiger partial charge on any atom is 0.308 e. The van der Waals surface area contributed by atoms with Crippen molar-refractivity contribution in [1.82, 2.24) is 4.90 Å². The van der Waals surface area contributed by atoms with Crippen LogP contribution in [0.5, 0.6) is 5.75 Å². The van der Waals surface area contributed by atoms with Crippen LogP contribution in [0.3, 0.4) is 0 Å². The van der Waals surface area contributed by atoms with E-state index in [1.807, 2.05) is 19.1 Å². The Morgan fingerprint density at radius 1 is 1.35 bits per heavy atom. The second-order valence-corrected chi connectivity index (χ2v) is 5.93. The Morgan fingerprint density at radius 2 is 2.00 bits per heavy atom. The number of phenols is 1. The number of nitrogens with zero attached hydrogens (tertiary/aromatic N) is 1. The van der Waals surface area contributed by atoms with Crippen LogP contribution in [0.25, 0.3) is 0 Å². The van der Waals surface area contributed by atoms with E-state index in [0.29, 0.717) is 18.3 Å². The largest absolute Gasteiger partial charge is 0.508 e. The molecule has 0 aliphatic carbocycles. The summed E-state index contributed by atoms with van der Waals surface area (Å²) in [5.41, 5.74) is 1.21. The number of hydrogen-bond acceptors (Lipinski definition) is 3. The molecule has 0 saturated carbocycles. The first kappa shape index (κ1) is 14.9. The highest BCUT2D eigenvalue weighted by molar-refractivity contribution is 5.71. The van der Waals surface area contributed by atoms with Gasteiger partial charge in [0.15, 0.2) is 0 Å². The maximum absolute atomic E-state index is 11.1. The molecular formula is C16H23NO3. The number of aryl methyl sites for hydroxylation is 1. The summed E-state index contributed by atoms with van der Waals surface area (Å²) < 4.78 is 0. The fourth-order valence-electron chi connectivity index (χ4n) is 2.91. The van der Waals surface area contributed by atoms with Crippen molar-refractivity contribution in [1.29, 1.82) is 0 Å². The molecule has 2 rings (SSSR count). The molecular weight excluding hydrogens is 254 g/mol. The summed E-state index contributed by atoms with van der Waals surface area (Å²) in [6, 6.07) is 7.68. The first-order valence-electron chi connectivity index (χ1n) is 7.22. The average Bonchev–Trinajstić information content (AvgIpc) is 2.80. The SMILES string of the molecule is CC(CCc1ccc(O)cc1)N1C[C@@H](C)[C@H](C(=O)O)C1. The van der Waals surface area contributed by atoms with Crippen LogP contribution in [0.4, 0.5) is 0 Å². The van der Waals surface area contributed by atoms with Gasteiger partial charge in [0, 0.05) is 19.1 Å². The van der Waals surface area contributed by atoms with Crippen molar-refractivity contribution in [2.45, 2.75) is 32.7 Å². The molecule has 2 N–H and O–H groups in total. The van der Waals surface area contributed by atoms with Crippen molar-refractivity contribution in [3.63, 3.8) is 0 Å². The van der Waals surface area contributed by atoms with Gasteiger partial charge in [0.05, 0.1) is 5.92 Å². The Hall–Kier alpha value is -1.55. The number of likely N-dealkylation sites (tertiary alicyclic amines) is 1. The van der Waals surface area contributed by atoms with E-state index in [9.17, 15) is 9.90 Å². The second-order valence-electron chi connectivity index (χ2n) is 5.93. The minimum absolute atomic E-state index is 0.226. The molecule has 3 atom stereocenters. The molecule has 20 heavy (non-hydrogen) atoms. The Labute approximate surface area is 120 Å². The van der Waals surface area contributed by atoms with E-state index in [-0.39, 0.29) is 11.8 Å². The maximum atomic E-state index is 11.1. The van der Waals surface area contributed by atoms with Crippen LogP contribution in [0.1, 0.15) is 25.8 Å². The number of benzene rings is 1. The molecule has 0 bridgehead atoms. The van der Waals surface area contributed by atoms with Gasteiger partial charge in [0.25, 0.3) is 0 Å². The van der Waals surface area contributed by atoms with Gasteiger partial charge in [-0.2, -0.15) is 0 Å². The van der Waals surface area contributed by atoms with Crippen molar-refractivity contribution in [2.24, 2.45) is 11.8 Å². The summed E-state index contributed by atoms with van der Waals surface area (Å²) in [7, 11) is 0. The van der Waals surface area contributed by atoms with Crippen molar-refractivity contribution in [3.05, 3.63) is 29.8 Å². The van der Waals surface area contributed by atoms with E-state index in [2.05, 4.69) is 11.8 Å². The fraction of sp³-hybridized carbons (Fsp3) is 0.562. The molecule has 0 amide bonds. The van der Waals surface area contributed by atoms with Crippen LogP contribution in [-0.4, -0.2) is 40.2 Å². The number of rotatable bonds is 5. The smallest absolute Gasteiger partial charge is 0.308 e. The lowest BCUT2D eigenvalue weighted by Gasteiger charge is -2.24. The van der Waals surface area contributed by atoms with Crippen molar-refractivity contribution >= 4 is 5.97 Å². The predicted molar refractivity (Wildman–Crippen MR) is 77.8 cm³/mol. The number of carboxylic acid groups (broad SMARTS) is 1. The standard InChI is InChI=1S/C16H23NO3/c1-11-9-17(10-15(11)16(19)20)12(2)3-4-13-5-7-14(18)8-6-13/h5-8,11-12,15,18H,3-4,9-10H2,1-2H3,(H,19,20)/t11-,12?,15-/m1/s1. The molecule has 1 aromatic rings. The van der Waals surface area contributed by atoms with Gasteiger partial charge in [-0.25, -0.2) is 0 Å². The molecule has 1 saturated heterocycles. The molecule has 0 aromatic heterocycles. The summed E-state index contributed by atoms with van der Waals surface area (Å²) in [6.07, 6.45) is 1.95. The molecule has 4 heteroatoms. The molecule has 4 nitrogen and oxygen atoms in total. The highest BCUT2D eigenvalue weighted by Gasteiger charge is 2.36. The molecule has 1 unspecified atom stereocenters. The number of aliphatic carboxylic acids is 1. The van der Waals surface area contributed by atoms with Gasteiger partial charge in [0.2, 0.25) is 0 Å². The highest BCUT2D eigenvalue weighted by Crippen LogP contribution is 2.26. The average molecular weight is 277 g/mol. The van der Waals surface area contributed by atoms with Gasteiger partial charge in [-0.05, 0) is 43.4 Å². The van der Waals surface area contributed by atoms with E-state index < -0.39 is 5.97 Å². The Kier molecular flexibility index (Phi) is 4.65. The third-order valence-corrected chi connectivity index (χ3v) is 4.37. The summed E-state index contributed by atoms with van der Waals surface area (Å²) in [6.45, 7) is 5.71. The quantitative estimate of drug-likeness (QED) is 0.867. The molecule has 0 radical (unpaired) electrons. The molecule has 1 aliphatic rings. The van der Waals surface area contributed by atoms with Gasteiger partial charge in [-0.3, -0.25) is 9.69 Å². The Bertz CT molecular complexity index is 457. The zero-order valence-corrected chi connectivity index (χ0v) is 12.1. The minimum Gasteiger partial charge on any atom is -0.508 e. The molecule has 110 valence electrons. The van der Waals surface area contributed by atoms with Crippen molar-refractivity contribution in [3.8, 4) is 5.75 Å². The number of hydrogen-bond donors (Lipinski definition) is 2. The van der Waals surface area contributed by atoms with Crippen molar-refractivity contribution < 1.29 is 15.0 Å². The minimum atomic E-state index is -0.675. The van der Waals surface area contributed by atoms with E-state index in [1.54, 1.807) is 12.1 Å². The van der Waals surface area contributed by atoms with E-state index in [4.69, 9.17) is 5.11 Å². The highest BCUT2D eigenvalue weighted by atomic mass is 16.4. The van der Waals surface area contributed by atoms with E-state index in [1.165, 1.54) is 5.56 Å². The summed E-state index contributed by atoms with van der Waals surface area (Å²) >= 11 is 0. The summed E-state index contributed by atoms with van der Waals surface area (Å²) in [5, 5.41) is 18.4. The van der Waals surface area contributed by atoms with Gasteiger partial charge in [0.1, 0.15) is 5.75 Å². The number of phenolic OH excluding ortho intramolecular Hbond substituents is 1. The van der Waals surface area contributed by atoms with Crippen LogP contribution >= 0.6 is 0 Å². The lowest BCUT2D eigenvalue weighted by molar-refractivity contribution is -0.142. The molecule has 1 aromatic carbocycles. The van der Waals surface area contributed by atoms with Gasteiger partial charge in [-0.1, -0.05) is 19.1 Å². The van der Waals surface area contributed by atoms with Crippen LogP contribution in [0, 0.1) is 11.8 Å². The summed E-state index contributed by atoms with van der Waals surface area (Å²) in [5.74, 6) is -0.389. The van der Waals surface area contributed by atoms with E-state index >= 15 is 0 Å². The van der Waals surface area contributed by atoms with Crippen LogP contribution in [0.15, 0.2) is 24.3 Å². The van der Waals surface area contributed by atoms with E-state index in [0.717, 1.165) is 19.4 Å². The third-order valence-electron chi connectivity index (χ3n) is 4.37. The topological polar surface area (TPSA) is 60.8 Å². The van der Waals surface area contributed by atoms with Gasteiger partial charge in [-0.15, -0.1) is 0 Å². The summed E-state index contributed by atoms with van der Waals surface area (Å²) in [4.78, 5) is 13.4. The number of carbonyl (C=O) groups is 1. The third kappa shape index (κ3) is 3.51. The molecule has 1 heterocycles. The number of carboxylic acids is 1. The predicted octanol–water partition coefficient (Wildman–Crippen LogP) is 2.37. The first-order chi connectivity index (χ1) is 9.47. The normalized spacial score (nSPS) is 24.7. The Morgan fingerprint density at radius 3 is 2.55 bits per heavy atom. The lowest BCUT2D eigenvalue weighted by Crippen LogP contribution is -2.32. The Balaban J connectivity index is 1.85. The monoisotopic (exact) mass is 277 g/mol. The number of aromatic hydroxyl groups is 1. The second kappa shape index (κ2) is 6.27. The van der Waals surface area contributed by atoms with Gasteiger partial charge < -0.3 is 10.2 Å². The molecule has 1 fully saturated rings.